The summed E-state index contributed by atoms with van der Waals surface area (Å²) in [7, 11) is 0. The Morgan fingerprint density at radius 3 is 2.32 bits per heavy atom. The molecule has 1 aromatic rings. The SMILES string of the molecule is O=C(O)c1cc(O)cc([C@H]2CCN(OC(=O)C(F)(F)F)[C@@H]2C(=O)O)c1. The standard InChI is InChI=1S/C14H12F3NO7/c15-14(16,17)13(24)25-18-2-1-9(10(18)12(22)23)6-3-7(11(20)21)5-8(19)4-6/h3-5,9-10,19H,1-2H2,(H,20,21)(H,22,23)/t9-,10+/m1/s1. The molecular formula is C14H12F3NO7. The molecule has 25 heavy (non-hydrogen) atoms. The first-order valence-electron chi connectivity index (χ1n) is 6.86. The number of aromatic hydroxyl groups is 1. The van der Waals surface area contributed by atoms with Crippen LogP contribution in [-0.2, 0) is 14.4 Å². The van der Waals surface area contributed by atoms with Crippen molar-refractivity contribution in [3.63, 3.8) is 0 Å². The van der Waals surface area contributed by atoms with Crippen molar-refractivity contribution in [3.05, 3.63) is 29.3 Å². The highest BCUT2D eigenvalue weighted by Gasteiger charge is 2.48. The van der Waals surface area contributed by atoms with Crippen molar-refractivity contribution in [2.45, 2.75) is 24.6 Å². The minimum absolute atomic E-state index is 0.0232. The third kappa shape index (κ3) is 3.99. The summed E-state index contributed by atoms with van der Waals surface area (Å²) in [4.78, 5) is 37.5. The Bertz CT molecular complexity index is 719. The number of rotatable bonds is 4. The number of carboxylic acid groups (broad SMARTS) is 2. The molecule has 0 radical (unpaired) electrons. The van der Waals surface area contributed by atoms with Gasteiger partial charge >= 0.3 is 24.1 Å². The number of aliphatic carboxylic acids is 1. The third-order valence-corrected chi connectivity index (χ3v) is 3.65. The molecule has 0 aliphatic carbocycles. The van der Waals surface area contributed by atoms with Gasteiger partial charge in [0, 0.05) is 12.5 Å². The number of phenols is 1. The quantitative estimate of drug-likeness (QED) is 0.732. The van der Waals surface area contributed by atoms with Crippen molar-refractivity contribution in [3.8, 4) is 5.75 Å². The van der Waals surface area contributed by atoms with Crippen LogP contribution < -0.4 is 0 Å². The molecule has 1 heterocycles. The highest BCUT2D eigenvalue weighted by Crippen LogP contribution is 2.36. The number of hydrogen-bond acceptors (Lipinski definition) is 6. The maximum atomic E-state index is 12.3. The first-order valence-corrected chi connectivity index (χ1v) is 6.86. The van der Waals surface area contributed by atoms with Gasteiger partial charge in [0.2, 0.25) is 0 Å². The zero-order valence-electron chi connectivity index (χ0n) is 12.4. The normalized spacial score (nSPS) is 21.1. The summed E-state index contributed by atoms with van der Waals surface area (Å²) in [6.45, 7) is -0.304. The van der Waals surface area contributed by atoms with E-state index >= 15 is 0 Å². The van der Waals surface area contributed by atoms with Gasteiger partial charge < -0.3 is 20.2 Å². The van der Waals surface area contributed by atoms with Gasteiger partial charge in [0.25, 0.3) is 0 Å². The number of hydrogen-bond donors (Lipinski definition) is 3. The van der Waals surface area contributed by atoms with Crippen molar-refractivity contribution in [1.82, 2.24) is 5.06 Å². The van der Waals surface area contributed by atoms with Crippen LogP contribution in [0, 0.1) is 0 Å². The molecule has 136 valence electrons. The van der Waals surface area contributed by atoms with Crippen LogP contribution in [-0.4, -0.2) is 57.1 Å². The minimum Gasteiger partial charge on any atom is -0.508 e. The van der Waals surface area contributed by atoms with E-state index < -0.39 is 41.8 Å². The van der Waals surface area contributed by atoms with E-state index in [-0.39, 0.29) is 24.1 Å². The summed E-state index contributed by atoms with van der Waals surface area (Å²) < 4.78 is 36.9. The first-order chi connectivity index (χ1) is 11.5. The van der Waals surface area contributed by atoms with Gasteiger partial charge in [-0.3, -0.25) is 4.79 Å². The molecule has 3 N–H and O–H groups in total. The second-order valence-electron chi connectivity index (χ2n) is 5.31. The Morgan fingerprint density at radius 1 is 1.16 bits per heavy atom. The summed E-state index contributed by atoms with van der Waals surface area (Å²) in [5.41, 5.74) is -0.222. The van der Waals surface area contributed by atoms with Gasteiger partial charge in [0.15, 0.2) is 0 Å². The van der Waals surface area contributed by atoms with Gasteiger partial charge in [0.05, 0.1) is 5.56 Å². The number of phenolic OH excluding ortho intramolecular Hbond substituents is 1. The van der Waals surface area contributed by atoms with E-state index in [0.717, 1.165) is 18.2 Å². The van der Waals surface area contributed by atoms with Crippen LogP contribution in [0.5, 0.6) is 5.75 Å². The van der Waals surface area contributed by atoms with Crippen LogP contribution >= 0.6 is 0 Å². The van der Waals surface area contributed by atoms with E-state index in [1.807, 2.05) is 0 Å². The molecule has 11 heteroatoms. The molecule has 0 spiro atoms. The average Bonchev–Trinajstić information content (AvgIpc) is 2.89. The maximum absolute atomic E-state index is 12.3. The van der Waals surface area contributed by atoms with Crippen LogP contribution in [0.3, 0.4) is 0 Å². The van der Waals surface area contributed by atoms with Crippen molar-refractivity contribution >= 4 is 17.9 Å². The molecule has 2 atom stereocenters. The van der Waals surface area contributed by atoms with Gasteiger partial charge in [-0.05, 0) is 30.2 Å². The van der Waals surface area contributed by atoms with Gasteiger partial charge in [-0.1, -0.05) is 0 Å². The van der Waals surface area contributed by atoms with E-state index in [1.54, 1.807) is 0 Å². The number of benzene rings is 1. The Morgan fingerprint density at radius 2 is 1.80 bits per heavy atom. The number of nitrogens with zero attached hydrogens (tertiary/aromatic N) is 1. The summed E-state index contributed by atoms with van der Waals surface area (Å²) in [5, 5.41) is 28.2. The number of carbonyl (C=O) groups excluding carboxylic acids is 1. The number of carbonyl (C=O) groups is 3. The average molecular weight is 363 g/mol. The number of alkyl halides is 3. The third-order valence-electron chi connectivity index (χ3n) is 3.65. The van der Waals surface area contributed by atoms with Gasteiger partial charge in [-0.2, -0.15) is 13.2 Å². The van der Waals surface area contributed by atoms with Crippen LogP contribution in [0.4, 0.5) is 13.2 Å². The van der Waals surface area contributed by atoms with E-state index in [9.17, 15) is 37.8 Å². The molecule has 0 aromatic heterocycles. The van der Waals surface area contributed by atoms with E-state index in [0.29, 0.717) is 5.06 Å². The molecule has 0 saturated carbocycles. The lowest BCUT2D eigenvalue weighted by molar-refractivity contribution is -0.242. The van der Waals surface area contributed by atoms with E-state index in [1.165, 1.54) is 0 Å². The monoisotopic (exact) mass is 363 g/mol. The Balaban J connectivity index is 2.32. The highest BCUT2D eigenvalue weighted by molar-refractivity contribution is 5.88. The van der Waals surface area contributed by atoms with E-state index in [2.05, 4.69) is 4.84 Å². The molecule has 0 amide bonds. The molecule has 8 nitrogen and oxygen atoms in total. The summed E-state index contributed by atoms with van der Waals surface area (Å²) in [6.07, 6.45) is -5.31. The van der Waals surface area contributed by atoms with Crippen LogP contribution in [0.15, 0.2) is 18.2 Å². The molecular weight excluding hydrogens is 351 g/mol. The fraction of sp³-hybridized carbons (Fsp3) is 0.357. The Hall–Kier alpha value is -2.82. The molecule has 0 unspecified atom stereocenters. The lowest BCUT2D eigenvalue weighted by Crippen LogP contribution is -2.43. The molecule has 1 aromatic carbocycles. The van der Waals surface area contributed by atoms with Crippen molar-refractivity contribution < 1.29 is 47.7 Å². The predicted molar refractivity (Wildman–Crippen MR) is 72.7 cm³/mol. The maximum Gasteiger partial charge on any atom is 0.492 e. The van der Waals surface area contributed by atoms with Crippen LogP contribution in [0.2, 0.25) is 0 Å². The van der Waals surface area contributed by atoms with Crippen molar-refractivity contribution in [1.29, 1.82) is 0 Å². The first kappa shape index (κ1) is 18.5. The smallest absolute Gasteiger partial charge is 0.492 e. The largest absolute Gasteiger partial charge is 0.508 e. The molecule has 1 aliphatic rings. The van der Waals surface area contributed by atoms with Crippen LogP contribution in [0.1, 0.15) is 28.3 Å². The summed E-state index contributed by atoms with van der Waals surface area (Å²) in [5.74, 6) is -6.91. The zero-order valence-corrected chi connectivity index (χ0v) is 12.4. The summed E-state index contributed by atoms with van der Waals surface area (Å²) >= 11 is 0. The lowest BCUT2D eigenvalue weighted by atomic mass is 9.90. The Labute approximate surface area is 138 Å². The minimum atomic E-state index is -5.29. The lowest BCUT2D eigenvalue weighted by Gasteiger charge is -2.24. The van der Waals surface area contributed by atoms with Gasteiger partial charge in [-0.15, -0.1) is 5.06 Å². The number of aromatic carboxylic acids is 1. The van der Waals surface area contributed by atoms with E-state index in [4.69, 9.17) is 5.11 Å². The number of hydroxylamine groups is 2. The molecule has 0 bridgehead atoms. The molecule has 1 aliphatic heterocycles. The second-order valence-corrected chi connectivity index (χ2v) is 5.31. The van der Waals surface area contributed by atoms with Crippen molar-refractivity contribution in [2.75, 3.05) is 6.54 Å². The molecule has 2 rings (SSSR count). The van der Waals surface area contributed by atoms with Crippen molar-refractivity contribution in [2.24, 2.45) is 0 Å². The fourth-order valence-electron chi connectivity index (χ4n) is 2.64. The van der Waals surface area contributed by atoms with Crippen LogP contribution in [0.25, 0.3) is 0 Å². The molecule has 1 fully saturated rings. The van der Waals surface area contributed by atoms with Gasteiger partial charge in [0.1, 0.15) is 11.8 Å². The topological polar surface area (TPSA) is 124 Å². The fourth-order valence-corrected chi connectivity index (χ4v) is 2.64. The number of carboxylic acids is 2. The molecule has 1 saturated heterocycles. The second kappa shape index (κ2) is 6.59. The predicted octanol–water partition coefficient (Wildman–Crippen LogP) is 1.35. The summed E-state index contributed by atoms with van der Waals surface area (Å²) in [6, 6.07) is 1.51. The number of halogens is 3. The zero-order chi connectivity index (χ0) is 18.9. The van der Waals surface area contributed by atoms with Gasteiger partial charge in [-0.25, -0.2) is 9.59 Å². The Kier molecular flexibility index (Phi) is 4.88. The highest BCUT2D eigenvalue weighted by atomic mass is 19.4.